The summed E-state index contributed by atoms with van der Waals surface area (Å²) in [6, 6.07) is 3.19. The Morgan fingerprint density at radius 1 is 1.14 bits per heavy atom. The van der Waals surface area contributed by atoms with E-state index in [4.69, 9.17) is 11.6 Å². The maximum absolute atomic E-state index is 12.8. The molecule has 1 aromatic rings. The second-order valence-electron chi connectivity index (χ2n) is 6.29. The summed E-state index contributed by atoms with van der Waals surface area (Å²) >= 11 is 5.96. The molecule has 1 saturated carbocycles. The number of hydrogen-bond acceptors (Lipinski definition) is 3. The smallest absolute Gasteiger partial charge is 0.239 e. The molecule has 112 valence electrons. The van der Waals surface area contributed by atoms with Gasteiger partial charge in [-0.25, -0.2) is 9.88 Å². The highest BCUT2D eigenvalue weighted by molar-refractivity contribution is 6.31. The Bertz CT molecular complexity index is 730. The van der Waals surface area contributed by atoms with Crippen molar-refractivity contribution in [1.82, 2.24) is 4.98 Å². The standard InChI is InChI=1S/C17H15ClN2O2/c1-8(2)13-10-3-4-11(13)15-14(10)16(21)20(17(15)22)12-7-9(18)5-6-19-12/h3-7,10-11,14-15H,1-2H3/t10-,11-,14+,15+/m1/s1. The first-order valence-electron chi connectivity index (χ1n) is 7.35. The van der Waals surface area contributed by atoms with Crippen LogP contribution in [0.5, 0.6) is 0 Å². The van der Waals surface area contributed by atoms with E-state index in [-0.39, 0.29) is 35.5 Å². The molecule has 0 unspecified atom stereocenters. The summed E-state index contributed by atoms with van der Waals surface area (Å²) in [4.78, 5) is 31.0. The van der Waals surface area contributed by atoms with Crippen LogP contribution in [0.15, 0.2) is 41.6 Å². The highest BCUT2D eigenvalue weighted by atomic mass is 35.5. The van der Waals surface area contributed by atoms with Gasteiger partial charge in [0.2, 0.25) is 11.8 Å². The van der Waals surface area contributed by atoms with E-state index >= 15 is 0 Å². The van der Waals surface area contributed by atoms with Crippen LogP contribution >= 0.6 is 11.6 Å². The van der Waals surface area contributed by atoms with E-state index in [0.717, 1.165) is 0 Å². The number of aromatic nitrogens is 1. The van der Waals surface area contributed by atoms with E-state index in [1.54, 1.807) is 12.1 Å². The second kappa shape index (κ2) is 4.53. The van der Waals surface area contributed by atoms with Gasteiger partial charge in [0.25, 0.3) is 0 Å². The van der Waals surface area contributed by atoms with Gasteiger partial charge in [-0.15, -0.1) is 0 Å². The first-order valence-corrected chi connectivity index (χ1v) is 7.73. The summed E-state index contributed by atoms with van der Waals surface area (Å²) < 4.78 is 0. The minimum absolute atomic E-state index is 0.0561. The second-order valence-corrected chi connectivity index (χ2v) is 6.72. The summed E-state index contributed by atoms with van der Waals surface area (Å²) in [6.07, 6.45) is 5.67. The quantitative estimate of drug-likeness (QED) is 0.591. The van der Waals surface area contributed by atoms with Gasteiger partial charge >= 0.3 is 0 Å². The molecule has 1 saturated heterocycles. The molecule has 22 heavy (non-hydrogen) atoms. The molecule has 1 aromatic heterocycles. The number of nitrogens with zero attached hydrogens (tertiary/aromatic N) is 2. The van der Waals surface area contributed by atoms with Gasteiger partial charge < -0.3 is 0 Å². The van der Waals surface area contributed by atoms with Gasteiger partial charge in [0, 0.05) is 29.1 Å². The van der Waals surface area contributed by atoms with E-state index in [1.807, 2.05) is 0 Å². The Morgan fingerprint density at radius 3 is 2.23 bits per heavy atom. The number of imide groups is 1. The molecule has 4 atom stereocenters. The number of anilines is 1. The molecule has 2 amide bonds. The molecule has 2 heterocycles. The molecule has 4 nitrogen and oxygen atoms in total. The zero-order valence-electron chi connectivity index (χ0n) is 12.3. The monoisotopic (exact) mass is 314 g/mol. The fourth-order valence-corrected chi connectivity index (χ4v) is 4.33. The van der Waals surface area contributed by atoms with Crippen LogP contribution in [-0.4, -0.2) is 16.8 Å². The van der Waals surface area contributed by atoms with Crippen molar-refractivity contribution in [1.29, 1.82) is 0 Å². The van der Waals surface area contributed by atoms with Gasteiger partial charge in [-0.05, 0) is 19.9 Å². The van der Waals surface area contributed by atoms with Crippen molar-refractivity contribution in [2.45, 2.75) is 13.8 Å². The van der Waals surface area contributed by atoms with Crippen molar-refractivity contribution in [2.24, 2.45) is 23.7 Å². The number of allylic oxidation sites excluding steroid dienone is 4. The minimum Gasteiger partial charge on any atom is -0.274 e. The Labute approximate surface area is 133 Å². The van der Waals surface area contributed by atoms with Gasteiger partial charge in [0.15, 0.2) is 0 Å². The van der Waals surface area contributed by atoms with Crippen LogP contribution < -0.4 is 4.90 Å². The number of carbonyl (C=O) groups is 2. The van der Waals surface area contributed by atoms with Crippen LogP contribution in [0.25, 0.3) is 0 Å². The number of pyridine rings is 1. The molecule has 0 aromatic carbocycles. The third kappa shape index (κ3) is 1.61. The zero-order chi connectivity index (χ0) is 15.6. The Hall–Kier alpha value is -1.94. The number of hydrogen-bond donors (Lipinski definition) is 0. The molecule has 3 aliphatic rings. The number of carbonyl (C=O) groups excluding carboxylic acids is 2. The van der Waals surface area contributed by atoms with E-state index in [2.05, 4.69) is 31.0 Å². The molecule has 5 heteroatoms. The van der Waals surface area contributed by atoms with Gasteiger partial charge in [0.05, 0.1) is 11.8 Å². The maximum atomic E-state index is 12.8. The number of halogens is 1. The number of rotatable bonds is 1. The van der Waals surface area contributed by atoms with Crippen molar-refractivity contribution < 1.29 is 9.59 Å². The molecular formula is C17H15ClN2O2. The van der Waals surface area contributed by atoms with Crippen molar-refractivity contribution in [3.05, 3.63) is 46.7 Å². The van der Waals surface area contributed by atoms with Gasteiger partial charge in [-0.2, -0.15) is 0 Å². The van der Waals surface area contributed by atoms with E-state index in [0.29, 0.717) is 10.8 Å². The number of fused-ring (bicyclic) bond motifs is 5. The molecular weight excluding hydrogens is 300 g/mol. The molecule has 1 aliphatic heterocycles. The summed E-state index contributed by atoms with van der Waals surface area (Å²) in [5.41, 5.74) is 2.46. The molecule has 2 aliphatic carbocycles. The predicted octanol–water partition coefficient (Wildman–Crippen LogP) is 2.99. The third-order valence-electron chi connectivity index (χ3n) is 4.93. The lowest BCUT2D eigenvalue weighted by atomic mass is 9.85. The van der Waals surface area contributed by atoms with Gasteiger partial charge in [-0.3, -0.25) is 9.59 Å². The van der Waals surface area contributed by atoms with E-state index < -0.39 is 0 Å². The molecule has 0 radical (unpaired) electrons. The third-order valence-corrected chi connectivity index (χ3v) is 5.16. The minimum atomic E-state index is -0.284. The summed E-state index contributed by atoms with van der Waals surface area (Å²) in [5.74, 6) is -0.432. The van der Waals surface area contributed by atoms with Gasteiger partial charge in [-0.1, -0.05) is 34.9 Å². The van der Waals surface area contributed by atoms with Crippen LogP contribution in [0.2, 0.25) is 5.02 Å². The molecule has 0 spiro atoms. The Morgan fingerprint density at radius 2 is 1.73 bits per heavy atom. The molecule has 4 rings (SSSR count). The summed E-state index contributed by atoms with van der Waals surface area (Å²) in [6.45, 7) is 4.10. The first kappa shape index (κ1) is 13.7. The van der Waals surface area contributed by atoms with Crippen LogP contribution in [-0.2, 0) is 9.59 Å². The highest BCUT2D eigenvalue weighted by Crippen LogP contribution is 2.57. The van der Waals surface area contributed by atoms with E-state index in [9.17, 15) is 9.59 Å². The van der Waals surface area contributed by atoms with Crippen LogP contribution in [0.3, 0.4) is 0 Å². The largest absolute Gasteiger partial charge is 0.274 e. The maximum Gasteiger partial charge on any atom is 0.239 e. The fourth-order valence-electron chi connectivity index (χ4n) is 4.17. The Balaban J connectivity index is 1.78. The lowest BCUT2D eigenvalue weighted by molar-refractivity contribution is -0.123. The average Bonchev–Trinajstić information content (AvgIpc) is 3.09. The topological polar surface area (TPSA) is 50.3 Å². The summed E-state index contributed by atoms with van der Waals surface area (Å²) in [7, 11) is 0. The van der Waals surface area contributed by atoms with Crippen molar-refractivity contribution in [3.8, 4) is 0 Å². The normalized spacial score (nSPS) is 32.1. The van der Waals surface area contributed by atoms with Gasteiger partial charge in [0.1, 0.15) is 5.82 Å². The SMILES string of the molecule is CC(C)=C1[C@H]2C=C[C@H]1[C@@H]1C(=O)N(c3cc(Cl)ccn3)C(=O)[C@H]12. The average molecular weight is 315 g/mol. The van der Waals surface area contributed by atoms with Crippen molar-refractivity contribution >= 4 is 29.2 Å². The zero-order valence-corrected chi connectivity index (χ0v) is 13.0. The predicted molar refractivity (Wildman–Crippen MR) is 83.2 cm³/mol. The van der Waals surface area contributed by atoms with E-state index in [1.165, 1.54) is 22.2 Å². The fraction of sp³-hybridized carbons (Fsp3) is 0.353. The van der Waals surface area contributed by atoms with Crippen LogP contribution in [0, 0.1) is 23.7 Å². The summed E-state index contributed by atoms with van der Waals surface area (Å²) in [5, 5.41) is 0.466. The first-order chi connectivity index (χ1) is 10.5. The lowest BCUT2D eigenvalue weighted by Crippen LogP contribution is -2.33. The highest BCUT2D eigenvalue weighted by Gasteiger charge is 2.62. The van der Waals surface area contributed by atoms with Crippen LogP contribution in [0.1, 0.15) is 13.8 Å². The van der Waals surface area contributed by atoms with Crippen LogP contribution in [0.4, 0.5) is 5.82 Å². The van der Waals surface area contributed by atoms with Crippen molar-refractivity contribution in [3.63, 3.8) is 0 Å². The number of amides is 2. The molecule has 0 N–H and O–H groups in total. The van der Waals surface area contributed by atoms with Crippen molar-refractivity contribution in [2.75, 3.05) is 4.90 Å². The molecule has 2 fully saturated rings. The Kier molecular flexibility index (Phi) is 2.82. The molecule has 2 bridgehead atoms. The lowest BCUT2D eigenvalue weighted by Gasteiger charge is -2.18.